The van der Waals surface area contributed by atoms with Gasteiger partial charge < -0.3 is 0 Å². The van der Waals surface area contributed by atoms with Crippen molar-refractivity contribution >= 4 is 11.7 Å². The quantitative estimate of drug-likeness (QED) is 0.631. The molecule has 0 aromatic heterocycles. The van der Waals surface area contributed by atoms with Crippen molar-refractivity contribution in [2.45, 2.75) is 25.8 Å². The molecule has 0 N–H and O–H groups in total. The summed E-state index contributed by atoms with van der Waals surface area (Å²) >= 11 is 0. The molecule has 3 heteroatoms. The number of carbonyl (C=O) groups excluding carboxylic acids is 1. The molecule has 0 fully saturated rings. The van der Waals surface area contributed by atoms with Crippen molar-refractivity contribution < 1.29 is 4.79 Å². The van der Waals surface area contributed by atoms with E-state index in [0.717, 1.165) is 17.8 Å². The Hall–Kier alpha value is -1.64. The van der Waals surface area contributed by atoms with E-state index in [1.54, 1.807) is 11.1 Å². The highest BCUT2D eigenvalue weighted by Crippen LogP contribution is 2.19. The van der Waals surface area contributed by atoms with E-state index in [1.165, 1.54) is 0 Å². The van der Waals surface area contributed by atoms with Crippen LogP contribution in [0.2, 0.25) is 0 Å². The van der Waals surface area contributed by atoms with Crippen LogP contribution in [0.25, 0.3) is 0 Å². The van der Waals surface area contributed by atoms with Crippen LogP contribution in [0.1, 0.15) is 19.8 Å². The fourth-order valence-electron chi connectivity index (χ4n) is 1.80. The molecule has 2 rings (SSSR count). The highest BCUT2D eigenvalue weighted by molar-refractivity contribution is 6.07. The summed E-state index contributed by atoms with van der Waals surface area (Å²) in [6.45, 7) is 5.82. The minimum absolute atomic E-state index is 0.0670. The average molecular weight is 202 g/mol. The van der Waals surface area contributed by atoms with Gasteiger partial charge in [0, 0.05) is 6.20 Å². The molecule has 1 amide bonds. The van der Waals surface area contributed by atoms with Gasteiger partial charge in [-0.3, -0.25) is 14.7 Å². The molecule has 0 aliphatic carbocycles. The average Bonchev–Trinajstić information content (AvgIpc) is 2.16. The highest BCUT2D eigenvalue weighted by atomic mass is 16.2. The zero-order valence-electron chi connectivity index (χ0n) is 8.81. The van der Waals surface area contributed by atoms with Gasteiger partial charge >= 0.3 is 0 Å². The molecule has 0 spiro atoms. The van der Waals surface area contributed by atoms with Gasteiger partial charge in [-0.2, -0.15) is 0 Å². The van der Waals surface area contributed by atoms with Gasteiger partial charge in [0.15, 0.2) is 0 Å². The number of hydrogen-bond donors (Lipinski definition) is 0. The van der Waals surface area contributed by atoms with Crippen LogP contribution in [0.4, 0.5) is 0 Å². The molecule has 2 aliphatic rings. The predicted molar refractivity (Wildman–Crippen MR) is 60.4 cm³/mol. The van der Waals surface area contributed by atoms with Gasteiger partial charge in [0.1, 0.15) is 5.84 Å². The van der Waals surface area contributed by atoms with Gasteiger partial charge in [0.05, 0.1) is 12.5 Å². The van der Waals surface area contributed by atoms with Gasteiger partial charge in [0.2, 0.25) is 5.91 Å². The van der Waals surface area contributed by atoms with Crippen LogP contribution in [-0.2, 0) is 4.79 Å². The molecule has 0 bridgehead atoms. The second-order valence-electron chi connectivity index (χ2n) is 3.97. The van der Waals surface area contributed by atoms with Crippen molar-refractivity contribution in [3.63, 3.8) is 0 Å². The van der Waals surface area contributed by atoms with E-state index in [-0.39, 0.29) is 11.9 Å². The number of rotatable bonds is 2. The third-order valence-corrected chi connectivity index (χ3v) is 2.42. The molecule has 1 unspecified atom stereocenters. The second-order valence-corrected chi connectivity index (χ2v) is 3.97. The normalized spacial score (nSPS) is 23.8. The van der Waals surface area contributed by atoms with Crippen LogP contribution in [0.5, 0.6) is 0 Å². The van der Waals surface area contributed by atoms with Crippen molar-refractivity contribution in [2.75, 3.05) is 0 Å². The van der Waals surface area contributed by atoms with Crippen molar-refractivity contribution in [2.24, 2.45) is 4.99 Å². The van der Waals surface area contributed by atoms with Gasteiger partial charge in [-0.05, 0) is 25.5 Å². The lowest BCUT2D eigenvalue weighted by molar-refractivity contribution is -0.126. The number of aliphatic imine (C=N–C) groups is 1. The van der Waals surface area contributed by atoms with Crippen LogP contribution in [0.3, 0.4) is 0 Å². The Labute approximate surface area is 89.5 Å². The van der Waals surface area contributed by atoms with E-state index in [4.69, 9.17) is 0 Å². The summed E-state index contributed by atoms with van der Waals surface area (Å²) in [6.07, 6.45) is 8.64. The van der Waals surface area contributed by atoms with Crippen LogP contribution in [0, 0.1) is 0 Å². The maximum Gasteiger partial charge on any atom is 0.234 e. The monoisotopic (exact) mass is 202 g/mol. The Balaban J connectivity index is 2.21. The SMILES string of the molecule is C=C(C)CC1CC(=O)N2C=CC=CC2=N1. The van der Waals surface area contributed by atoms with Crippen molar-refractivity contribution in [3.05, 3.63) is 36.6 Å². The molecule has 2 heterocycles. The van der Waals surface area contributed by atoms with Crippen molar-refractivity contribution in [1.29, 1.82) is 0 Å². The first-order chi connectivity index (χ1) is 7.16. The Bertz CT molecular complexity index is 390. The molecule has 1 atom stereocenters. The maximum absolute atomic E-state index is 11.8. The summed E-state index contributed by atoms with van der Waals surface area (Å²) in [5, 5.41) is 0. The smallest absolute Gasteiger partial charge is 0.234 e. The minimum Gasteiger partial charge on any atom is -0.274 e. The fourth-order valence-corrected chi connectivity index (χ4v) is 1.80. The number of carbonyl (C=O) groups is 1. The first-order valence-corrected chi connectivity index (χ1v) is 5.06. The Kier molecular flexibility index (Phi) is 2.54. The molecule has 0 saturated carbocycles. The number of hydrogen-bond acceptors (Lipinski definition) is 2. The fraction of sp³-hybridized carbons (Fsp3) is 0.333. The van der Waals surface area contributed by atoms with Gasteiger partial charge in [-0.25, -0.2) is 0 Å². The van der Waals surface area contributed by atoms with E-state index < -0.39 is 0 Å². The standard InChI is InChI=1S/C12H14N2O/c1-9(2)7-10-8-12(15)14-6-4-3-5-11(14)13-10/h3-6,10H,1,7-8H2,2H3. The Morgan fingerprint density at radius 3 is 3.20 bits per heavy atom. The zero-order chi connectivity index (χ0) is 10.8. The predicted octanol–water partition coefficient (Wildman–Crippen LogP) is 2.04. The lowest BCUT2D eigenvalue weighted by Crippen LogP contribution is -2.39. The van der Waals surface area contributed by atoms with E-state index in [2.05, 4.69) is 11.6 Å². The zero-order valence-corrected chi connectivity index (χ0v) is 8.81. The van der Waals surface area contributed by atoms with Crippen LogP contribution >= 0.6 is 0 Å². The first kappa shape index (κ1) is 9.90. The van der Waals surface area contributed by atoms with Crippen LogP contribution in [-0.4, -0.2) is 22.7 Å². The summed E-state index contributed by atoms with van der Waals surface area (Å²) in [5.41, 5.74) is 1.07. The van der Waals surface area contributed by atoms with E-state index in [1.807, 2.05) is 25.2 Å². The Morgan fingerprint density at radius 1 is 1.67 bits per heavy atom. The molecule has 78 valence electrons. The van der Waals surface area contributed by atoms with Gasteiger partial charge in [0.25, 0.3) is 0 Å². The van der Waals surface area contributed by atoms with Gasteiger partial charge in [-0.15, -0.1) is 6.58 Å². The van der Waals surface area contributed by atoms with Crippen LogP contribution in [0.15, 0.2) is 41.6 Å². The maximum atomic E-state index is 11.8. The number of amidine groups is 1. The largest absolute Gasteiger partial charge is 0.274 e. The van der Waals surface area contributed by atoms with Crippen molar-refractivity contribution in [1.82, 2.24) is 4.90 Å². The third-order valence-electron chi connectivity index (χ3n) is 2.42. The number of nitrogens with zero attached hydrogens (tertiary/aromatic N) is 2. The molecule has 0 saturated heterocycles. The molecule has 0 aromatic rings. The van der Waals surface area contributed by atoms with Crippen LogP contribution < -0.4 is 0 Å². The summed E-state index contributed by atoms with van der Waals surface area (Å²) in [5.74, 6) is 0.867. The molecule has 2 aliphatic heterocycles. The van der Waals surface area contributed by atoms with E-state index in [0.29, 0.717) is 6.42 Å². The molecule has 0 radical (unpaired) electrons. The summed E-state index contributed by atoms with van der Waals surface area (Å²) in [6, 6.07) is 0.0670. The second kappa shape index (κ2) is 3.85. The minimum atomic E-state index is 0.0670. The Morgan fingerprint density at radius 2 is 2.47 bits per heavy atom. The highest BCUT2D eigenvalue weighted by Gasteiger charge is 2.26. The number of amides is 1. The lowest BCUT2D eigenvalue weighted by atomic mass is 10.0. The third kappa shape index (κ3) is 2.06. The number of allylic oxidation sites excluding steroid dienone is 2. The molecular formula is C12H14N2O. The van der Waals surface area contributed by atoms with Gasteiger partial charge in [-0.1, -0.05) is 11.6 Å². The van der Waals surface area contributed by atoms with E-state index in [9.17, 15) is 4.79 Å². The topological polar surface area (TPSA) is 32.7 Å². The number of fused-ring (bicyclic) bond motifs is 1. The summed E-state index contributed by atoms with van der Waals surface area (Å²) in [7, 11) is 0. The first-order valence-electron chi connectivity index (χ1n) is 5.06. The molecule has 0 aromatic carbocycles. The van der Waals surface area contributed by atoms with Crippen molar-refractivity contribution in [3.8, 4) is 0 Å². The van der Waals surface area contributed by atoms with E-state index >= 15 is 0 Å². The lowest BCUT2D eigenvalue weighted by Gasteiger charge is -2.28. The molecular weight excluding hydrogens is 188 g/mol. The summed E-state index contributed by atoms with van der Waals surface area (Å²) in [4.78, 5) is 17.9. The summed E-state index contributed by atoms with van der Waals surface area (Å²) < 4.78 is 0. The molecule has 3 nitrogen and oxygen atoms in total. The molecule has 15 heavy (non-hydrogen) atoms.